The number of nitrogens with one attached hydrogen (secondary N) is 2. The van der Waals surface area contributed by atoms with Crippen molar-refractivity contribution in [1.82, 2.24) is 30.4 Å². The zero-order valence-corrected chi connectivity index (χ0v) is 22.2. The van der Waals surface area contributed by atoms with E-state index in [4.69, 9.17) is 0 Å². The molecule has 0 radical (unpaired) electrons. The molecule has 1 fully saturated rings. The van der Waals surface area contributed by atoms with E-state index in [0.29, 0.717) is 23.3 Å². The molecule has 1 aliphatic rings. The highest BCUT2D eigenvalue weighted by atomic mass is 19.1. The van der Waals surface area contributed by atoms with Crippen molar-refractivity contribution in [3.8, 4) is 11.4 Å². The van der Waals surface area contributed by atoms with Gasteiger partial charge in [0, 0.05) is 37.4 Å². The summed E-state index contributed by atoms with van der Waals surface area (Å²) >= 11 is 0. The maximum atomic E-state index is 13.2. The average Bonchev–Trinajstić information content (AvgIpc) is 3.30. The summed E-state index contributed by atoms with van der Waals surface area (Å²) in [7, 11) is 1.80. The van der Waals surface area contributed by atoms with E-state index in [9.17, 15) is 9.18 Å². The molecule has 4 rings (SSSR count). The third kappa shape index (κ3) is 7.58. The lowest BCUT2D eigenvalue weighted by Crippen LogP contribution is -2.41. The van der Waals surface area contributed by atoms with Crippen molar-refractivity contribution in [1.29, 1.82) is 0 Å². The van der Waals surface area contributed by atoms with Crippen molar-refractivity contribution in [2.75, 3.05) is 25.0 Å². The summed E-state index contributed by atoms with van der Waals surface area (Å²) in [6.07, 6.45) is 4.23. The lowest BCUT2D eigenvalue weighted by atomic mass is 9.91. The second-order valence-electron chi connectivity index (χ2n) is 10.6. The van der Waals surface area contributed by atoms with Gasteiger partial charge in [-0.2, -0.15) is 0 Å². The van der Waals surface area contributed by atoms with Gasteiger partial charge in [0.2, 0.25) is 0 Å². The Balaban J connectivity index is 1.28. The molecule has 0 aliphatic carbocycles. The standard InChI is InChI=1S/C28H38FN7O/c1-19(2)23-15-24(27-32-33-34-35(27)4)17-26(16-23)31-28(37)30-20(3)11-13-36-12-5-6-22(18-36)14-21-7-9-25(29)10-8-21/h7-10,15-17,19-20,22H,5-6,11-14,18H2,1-4H3,(H2,30,31,37)/t20-,22+/m1/s1. The van der Waals surface area contributed by atoms with Crippen LogP contribution in [0, 0.1) is 11.7 Å². The highest BCUT2D eigenvalue weighted by Crippen LogP contribution is 2.27. The minimum absolute atomic E-state index is 0.0353. The Morgan fingerprint density at radius 2 is 1.95 bits per heavy atom. The molecule has 2 aromatic carbocycles. The molecule has 1 saturated heterocycles. The minimum atomic E-state index is -0.219. The number of urea groups is 1. The highest BCUT2D eigenvalue weighted by molar-refractivity contribution is 5.90. The first-order chi connectivity index (χ1) is 17.8. The number of anilines is 1. The quantitative estimate of drug-likeness (QED) is 0.426. The number of likely N-dealkylation sites (tertiary alicyclic amines) is 1. The molecule has 3 aromatic rings. The number of nitrogens with zero attached hydrogens (tertiary/aromatic N) is 5. The lowest BCUT2D eigenvalue weighted by molar-refractivity contribution is 0.168. The zero-order chi connectivity index (χ0) is 26.4. The Labute approximate surface area is 218 Å². The van der Waals surface area contributed by atoms with E-state index in [-0.39, 0.29) is 17.9 Å². The normalized spacial score (nSPS) is 17.1. The monoisotopic (exact) mass is 507 g/mol. The molecule has 0 bridgehead atoms. The zero-order valence-electron chi connectivity index (χ0n) is 22.2. The maximum absolute atomic E-state index is 13.2. The number of hydrogen-bond acceptors (Lipinski definition) is 5. The molecule has 9 heteroatoms. The Morgan fingerprint density at radius 3 is 2.65 bits per heavy atom. The molecule has 8 nitrogen and oxygen atoms in total. The summed E-state index contributed by atoms with van der Waals surface area (Å²) in [6.45, 7) is 9.34. The van der Waals surface area contributed by atoms with Gasteiger partial charge in [-0.25, -0.2) is 13.9 Å². The van der Waals surface area contributed by atoms with Gasteiger partial charge in [0.05, 0.1) is 0 Å². The first-order valence-electron chi connectivity index (χ1n) is 13.2. The highest BCUT2D eigenvalue weighted by Gasteiger charge is 2.21. The molecule has 1 aromatic heterocycles. The third-order valence-corrected chi connectivity index (χ3v) is 7.05. The van der Waals surface area contributed by atoms with Crippen LogP contribution in [0.3, 0.4) is 0 Å². The number of benzene rings is 2. The summed E-state index contributed by atoms with van der Waals surface area (Å²) in [5, 5.41) is 17.8. The van der Waals surface area contributed by atoms with Crippen LogP contribution in [0.1, 0.15) is 57.1 Å². The fraction of sp³-hybridized carbons (Fsp3) is 0.500. The van der Waals surface area contributed by atoms with E-state index in [0.717, 1.165) is 43.6 Å². The van der Waals surface area contributed by atoms with Gasteiger partial charge in [0.1, 0.15) is 5.82 Å². The van der Waals surface area contributed by atoms with Crippen LogP contribution < -0.4 is 10.6 Å². The van der Waals surface area contributed by atoms with E-state index in [1.54, 1.807) is 23.9 Å². The summed E-state index contributed by atoms with van der Waals surface area (Å²) in [5.41, 5.74) is 3.88. The molecule has 0 spiro atoms. The van der Waals surface area contributed by atoms with E-state index < -0.39 is 0 Å². The molecule has 2 N–H and O–H groups in total. The summed E-state index contributed by atoms with van der Waals surface area (Å²) < 4.78 is 14.8. The Kier molecular flexibility index (Phi) is 8.87. The molecule has 37 heavy (non-hydrogen) atoms. The molecule has 198 valence electrons. The fourth-order valence-electron chi connectivity index (χ4n) is 4.97. The molecule has 2 amide bonds. The number of rotatable bonds is 9. The van der Waals surface area contributed by atoms with Gasteiger partial charge in [-0.05, 0) is 103 Å². The van der Waals surface area contributed by atoms with Crippen molar-refractivity contribution >= 4 is 11.7 Å². The van der Waals surface area contributed by atoms with Crippen LogP contribution in [0.5, 0.6) is 0 Å². The summed E-state index contributed by atoms with van der Waals surface area (Å²) in [5.74, 6) is 1.34. The van der Waals surface area contributed by atoms with Crippen LogP contribution in [-0.2, 0) is 13.5 Å². The second kappa shape index (κ2) is 12.3. The van der Waals surface area contributed by atoms with Crippen molar-refractivity contribution in [2.45, 2.75) is 58.4 Å². The smallest absolute Gasteiger partial charge is 0.319 e. The van der Waals surface area contributed by atoms with Gasteiger partial charge in [0.25, 0.3) is 0 Å². The summed E-state index contributed by atoms with van der Waals surface area (Å²) in [6, 6.07) is 12.6. The number of amides is 2. The van der Waals surface area contributed by atoms with E-state index >= 15 is 0 Å². The predicted octanol–water partition coefficient (Wildman–Crippen LogP) is 4.99. The first-order valence-corrected chi connectivity index (χ1v) is 13.2. The van der Waals surface area contributed by atoms with Gasteiger partial charge < -0.3 is 15.5 Å². The first kappa shape index (κ1) is 26.7. The Hall–Kier alpha value is -3.33. The van der Waals surface area contributed by atoms with Crippen molar-refractivity contribution in [3.63, 3.8) is 0 Å². The largest absolute Gasteiger partial charge is 0.335 e. The SMILES string of the molecule is CC(C)c1cc(NC(=O)N[C@H](C)CCN2CCC[C@@H](Cc3ccc(F)cc3)C2)cc(-c2nnnn2C)c1. The lowest BCUT2D eigenvalue weighted by Gasteiger charge is -2.33. The Bertz CT molecular complexity index is 1180. The third-order valence-electron chi connectivity index (χ3n) is 7.05. The molecular formula is C28H38FN7O. The van der Waals surface area contributed by atoms with Crippen LogP contribution in [0.4, 0.5) is 14.9 Å². The number of aromatic nitrogens is 4. The van der Waals surface area contributed by atoms with Gasteiger partial charge in [-0.1, -0.05) is 26.0 Å². The van der Waals surface area contributed by atoms with Crippen LogP contribution in [0.2, 0.25) is 0 Å². The van der Waals surface area contributed by atoms with Crippen LogP contribution in [0.25, 0.3) is 11.4 Å². The van der Waals surface area contributed by atoms with Gasteiger partial charge in [-0.3, -0.25) is 0 Å². The number of aryl methyl sites for hydroxylation is 1. The van der Waals surface area contributed by atoms with Crippen LogP contribution in [0.15, 0.2) is 42.5 Å². The average molecular weight is 508 g/mol. The van der Waals surface area contributed by atoms with Gasteiger partial charge in [-0.15, -0.1) is 5.10 Å². The van der Waals surface area contributed by atoms with Crippen molar-refractivity contribution in [2.24, 2.45) is 13.0 Å². The number of tetrazole rings is 1. The number of piperidine rings is 1. The molecule has 2 atom stereocenters. The van der Waals surface area contributed by atoms with Gasteiger partial charge in [0.15, 0.2) is 5.82 Å². The van der Waals surface area contributed by atoms with Crippen molar-refractivity contribution in [3.05, 3.63) is 59.4 Å². The molecule has 0 saturated carbocycles. The molecule has 2 heterocycles. The topological polar surface area (TPSA) is 88.0 Å². The number of carbonyl (C=O) groups excluding carboxylic acids is 1. The predicted molar refractivity (Wildman–Crippen MR) is 144 cm³/mol. The molecular weight excluding hydrogens is 469 g/mol. The van der Waals surface area contributed by atoms with Crippen molar-refractivity contribution < 1.29 is 9.18 Å². The van der Waals surface area contributed by atoms with Crippen LogP contribution in [-0.4, -0.2) is 56.8 Å². The number of carbonyl (C=O) groups is 1. The Morgan fingerprint density at radius 1 is 1.16 bits per heavy atom. The minimum Gasteiger partial charge on any atom is -0.335 e. The fourth-order valence-corrected chi connectivity index (χ4v) is 4.97. The number of halogens is 1. The number of hydrogen-bond donors (Lipinski definition) is 2. The van der Waals surface area contributed by atoms with E-state index in [2.05, 4.69) is 51.0 Å². The van der Waals surface area contributed by atoms with Gasteiger partial charge >= 0.3 is 6.03 Å². The second-order valence-corrected chi connectivity index (χ2v) is 10.6. The molecule has 0 unspecified atom stereocenters. The summed E-state index contributed by atoms with van der Waals surface area (Å²) in [4.78, 5) is 15.3. The van der Waals surface area contributed by atoms with Crippen LogP contribution >= 0.6 is 0 Å². The van der Waals surface area contributed by atoms with E-state index in [1.807, 2.05) is 31.2 Å². The molecule has 1 aliphatic heterocycles. The maximum Gasteiger partial charge on any atom is 0.319 e. The van der Waals surface area contributed by atoms with E-state index in [1.165, 1.54) is 18.4 Å².